The lowest BCUT2D eigenvalue weighted by Crippen LogP contribution is -2.36. The van der Waals surface area contributed by atoms with Crippen molar-refractivity contribution in [1.82, 2.24) is 0 Å². The van der Waals surface area contributed by atoms with E-state index in [-0.39, 0.29) is 6.10 Å². The average Bonchev–Trinajstić information content (AvgIpc) is 3.03. The lowest BCUT2D eigenvalue weighted by molar-refractivity contribution is 0.0259. The third-order valence-electron chi connectivity index (χ3n) is 4.78. The van der Waals surface area contributed by atoms with Crippen LogP contribution in [0.1, 0.15) is 44.1 Å². The molecule has 0 aromatic heterocycles. The minimum absolute atomic E-state index is 0.248. The zero-order valence-corrected chi connectivity index (χ0v) is 13.9. The third-order valence-corrected chi connectivity index (χ3v) is 6.10. The molecular formula is C17H24O4S. The fraction of sp³-hybridized carbons (Fsp3) is 0.647. The summed E-state index contributed by atoms with van der Waals surface area (Å²) in [7, 11) is 1.63. The number of aliphatic hydroxyl groups is 1. The first-order valence-corrected chi connectivity index (χ1v) is 9.52. The lowest BCUT2D eigenvalue weighted by atomic mass is 9.88. The predicted molar refractivity (Wildman–Crippen MR) is 86.9 cm³/mol. The molecule has 2 aliphatic rings. The van der Waals surface area contributed by atoms with Crippen LogP contribution in [0.5, 0.6) is 11.5 Å². The fourth-order valence-corrected chi connectivity index (χ4v) is 4.66. The van der Waals surface area contributed by atoms with Crippen LogP contribution in [0, 0.1) is 0 Å². The summed E-state index contributed by atoms with van der Waals surface area (Å²) in [5, 5.41) is 10.9. The Balaban J connectivity index is 1.82. The molecule has 1 aromatic rings. The second-order valence-electron chi connectivity index (χ2n) is 6.27. The molecule has 1 aliphatic carbocycles. The van der Waals surface area contributed by atoms with Gasteiger partial charge in [0.25, 0.3) is 0 Å². The van der Waals surface area contributed by atoms with Crippen molar-refractivity contribution in [1.29, 1.82) is 0 Å². The Morgan fingerprint density at radius 2 is 1.86 bits per heavy atom. The van der Waals surface area contributed by atoms with Crippen molar-refractivity contribution in [3.8, 4) is 11.5 Å². The molecule has 0 atom stereocenters. The molecule has 122 valence electrons. The van der Waals surface area contributed by atoms with Gasteiger partial charge in [0.05, 0.1) is 18.8 Å². The molecule has 1 aromatic carbocycles. The number of hydrogen-bond acceptors (Lipinski definition) is 4. The topological polar surface area (TPSA) is 61.8 Å². The van der Waals surface area contributed by atoms with Crippen molar-refractivity contribution in [3.63, 3.8) is 0 Å². The standard InChI is InChI=1S/C17H24O4S/c1-20-15-7-6-13(17(18)8-10-22(19)11-9-17)12-16(15)21-14-4-2-3-5-14/h6-7,12,14,18H,2-5,8-11H2,1H3. The highest BCUT2D eigenvalue weighted by molar-refractivity contribution is 7.91. The van der Waals surface area contributed by atoms with Crippen LogP contribution in [0.4, 0.5) is 0 Å². The van der Waals surface area contributed by atoms with E-state index in [4.69, 9.17) is 9.47 Å². The van der Waals surface area contributed by atoms with Crippen molar-refractivity contribution >= 4 is 11.2 Å². The van der Waals surface area contributed by atoms with Gasteiger partial charge in [-0.1, -0.05) is 17.2 Å². The van der Waals surface area contributed by atoms with Gasteiger partial charge in [-0.15, -0.1) is 0 Å². The molecule has 0 unspecified atom stereocenters. The molecule has 0 radical (unpaired) electrons. The highest BCUT2D eigenvalue weighted by atomic mass is 32.2. The zero-order valence-electron chi connectivity index (χ0n) is 13.0. The second kappa shape index (κ2) is 6.69. The summed E-state index contributed by atoms with van der Waals surface area (Å²) in [4.78, 5) is 0. The van der Waals surface area contributed by atoms with Crippen molar-refractivity contribution in [2.45, 2.75) is 50.2 Å². The zero-order chi connectivity index (χ0) is 15.6. The summed E-state index contributed by atoms with van der Waals surface area (Å²) in [6.07, 6.45) is 5.90. The highest BCUT2D eigenvalue weighted by Crippen LogP contribution is 2.39. The van der Waals surface area contributed by atoms with Gasteiger partial charge in [0.1, 0.15) is 11.5 Å². The van der Waals surface area contributed by atoms with Crippen molar-refractivity contribution in [3.05, 3.63) is 23.8 Å². The summed E-state index contributed by atoms with van der Waals surface area (Å²) < 4.78 is 23.0. The maximum atomic E-state index is 11.5. The van der Waals surface area contributed by atoms with Gasteiger partial charge in [-0.3, -0.25) is 0 Å². The molecule has 4 nitrogen and oxygen atoms in total. The van der Waals surface area contributed by atoms with E-state index in [1.165, 1.54) is 12.8 Å². The first kappa shape index (κ1) is 16.0. The smallest absolute Gasteiger partial charge is 0.161 e. The molecule has 3 rings (SSSR count). The molecule has 0 bridgehead atoms. The number of ether oxygens (including phenoxy) is 2. The Kier molecular flexibility index (Phi) is 4.85. The summed E-state index contributed by atoms with van der Waals surface area (Å²) in [6, 6.07) is 5.67. The van der Waals surface area contributed by atoms with E-state index in [9.17, 15) is 9.66 Å². The van der Waals surface area contributed by atoms with Gasteiger partial charge >= 0.3 is 0 Å². The van der Waals surface area contributed by atoms with Gasteiger partial charge in [-0.25, -0.2) is 0 Å². The molecular weight excluding hydrogens is 300 g/mol. The maximum Gasteiger partial charge on any atom is 0.161 e. The second-order valence-corrected chi connectivity index (χ2v) is 7.97. The first-order valence-electron chi connectivity index (χ1n) is 8.03. The molecule has 1 N–H and O–H groups in total. The minimum atomic E-state index is -0.895. The van der Waals surface area contributed by atoms with Crippen LogP contribution < -0.4 is 9.47 Å². The molecule has 5 heteroatoms. The van der Waals surface area contributed by atoms with E-state index < -0.39 is 16.8 Å². The van der Waals surface area contributed by atoms with E-state index in [2.05, 4.69) is 0 Å². The van der Waals surface area contributed by atoms with Crippen molar-refractivity contribution < 1.29 is 19.1 Å². The number of benzene rings is 1. The van der Waals surface area contributed by atoms with Crippen LogP contribution >= 0.6 is 0 Å². The van der Waals surface area contributed by atoms with Gasteiger partial charge in [-0.05, 0) is 43.4 Å². The van der Waals surface area contributed by atoms with Crippen LogP contribution in [0.15, 0.2) is 18.2 Å². The Bertz CT molecular complexity index is 505. The van der Waals surface area contributed by atoms with Crippen LogP contribution in [-0.2, 0) is 16.8 Å². The molecule has 22 heavy (non-hydrogen) atoms. The SMILES string of the molecule is COc1ccc(C2(O)CC[S+]([O-])CC2)cc1OC1CCCC1. The molecule has 1 aliphatic heterocycles. The van der Waals surface area contributed by atoms with E-state index in [0.717, 1.165) is 18.4 Å². The van der Waals surface area contributed by atoms with Crippen LogP contribution in [-0.4, -0.2) is 34.4 Å². The maximum absolute atomic E-state index is 11.5. The first-order chi connectivity index (χ1) is 10.6. The monoisotopic (exact) mass is 324 g/mol. The van der Waals surface area contributed by atoms with Gasteiger partial charge in [-0.2, -0.15) is 0 Å². The third kappa shape index (κ3) is 3.36. The van der Waals surface area contributed by atoms with Gasteiger partial charge in [0, 0.05) is 12.8 Å². The molecule has 0 spiro atoms. The molecule has 2 fully saturated rings. The molecule has 0 amide bonds. The quantitative estimate of drug-likeness (QED) is 0.865. The van der Waals surface area contributed by atoms with Crippen LogP contribution in [0.25, 0.3) is 0 Å². The van der Waals surface area contributed by atoms with Crippen molar-refractivity contribution in [2.24, 2.45) is 0 Å². The Morgan fingerprint density at radius 3 is 2.50 bits per heavy atom. The Labute approximate surface area is 135 Å². The van der Waals surface area contributed by atoms with E-state index in [1.807, 2.05) is 18.2 Å². The normalized spacial score (nSPS) is 29.5. The number of hydrogen-bond donors (Lipinski definition) is 1. The summed E-state index contributed by atoms with van der Waals surface area (Å²) in [6.45, 7) is 0. The van der Waals surface area contributed by atoms with Gasteiger partial charge < -0.3 is 19.1 Å². The molecule has 1 saturated carbocycles. The van der Waals surface area contributed by atoms with Crippen molar-refractivity contribution in [2.75, 3.05) is 18.6 Å². The highest BCUT2D eigenvalue weighted by Gasteiger charge is 2.37. The Morgan fingerprint density at radius 1 is 1.18 bits per heavy atom. The molecule has 1 heterocycles. The summed E-state index contributed by atoms with van der Waals surface area (Å²) >= 11 is -0.792. The van der Waals surface area contributed by atoms with Crippen LogP contribution in [0.3, 0.4) is 0 Å². The van der Waals surface area contributed by atoms with E-state index in [0.29, 0.717) is 35.8 Å². The van der Waals surface area contributed by atoms with Crippen LogP contribution in [0.2, 0.25) is 0 Å². The van der Waals surface area contributed by atoms with E-state index in [1.54, 1.807) is 7.11 Å². The Hall–Kier alpha value is -0.910. The average molecular weight is 324 g/mol. The van der Waals surface area contributed by atoms with Gasteiger partial charge in [0.15, 0.2) is 11.5 Å². The number of methoxy groups -OCH3 is 1. The summed E-state index contributed by atoms with van der Waals surface area (Å²) in [5.41, 5.74) is -0.0495. The minimum Gasteiger partial charge on any atom is -0.616 e. The summed E-state index contributed by atoms with van der Waals surface area (Å²) in [5.74, 6) is 2.54. The largest absolute Gasteiger partial charge is 0.616 e. The van der Waals surface area contributed by atoms with E-state index >= 15 is 0 Å². The fourth-order valence-electron chi connectivity index (χ4n) is 3.33. The molecule has 1 saturated heterocycles. The lowest BCUT2D eigenvalue weighted by Gasteiger charge is -2.33. The van der Waals surface area contributed by atoms with Gasteiger partial charge in [0.2, 0.25) is 0 Å². The number of rotatable bonds is 4. The predicted octanol–water partition coefficient (Wildman–Crippen LogP) is 2.75.